The molecule has 0 aliphatic heterocycles. The van der Waals surface area contributed by atoms with E-state index in [9.17, 15) is 4.39 Å². The number of halogens is 2. The van der Waals surface area contributed by atoms with Gasteiger partial charge in [0.05, 0.1) is 11.6 Å². The monoisotopic (exact) mass is 296 g/mol. The molecular weight excluding hydrogens is 287 g/mol. The van der Waals surface area contributed by atoms with Crippen LogP contribution in [0.15, 0.2) is 40.9 Å². The van der Waals surface area contributed by atoms with Gasteiger partial charge in [0.15, 0.2) is 0 Å². The molecular formula is C12H10BrFN2O. The highest BCUT2D eigenvalue weighted by atomic mass is 79.9. The molecule has 0 aliphatic carbocycles. The van der Waals surface area contributed by atoms with Crippen molar-refractivity contribution in [2.75, 3.05) is 12.4 Å². The van der Waals surface area contributed by atoms with E-state index >= 15 is 0 Å². The minimum absolute atomic E-state index is 0.453. The van der Waals surface area contributed by atoms with Crippen LogP contribution in [0.5, 0.6) is 5.75 Å². The molecule has 0 spiro atoms. The summed E-state index contributed by atoms with van der Waals surface area (Å²) in [6, 6.07) is 10.1. The molecule has 1 aromatic carbocycles. The van der Waals surface area contributed by atoms with Crippen molar-refractivity contribution in [1.82, 2.24) is 4.98 Å². The van der Waals surface area contributed by atoms with Gasteiger partial charge in [-0.3, -0.25) is 0 Å². The standard InChI is InChI=1S/C12H10BrFN2O/c1-17-10-7-8(5-6-9(10)13)15-12-4-2-3-11(14)16-12/h2-7H,1H3,(H,15,16). The van der Waals surface area contributed by atoms with E-state index in [2.05, 4.69) is 26.2 Å². The number of pyridine rings is 1. The lowest BCUT2D eigenvalue weighted by Gasteiger charge is -2.08. The van der Waals surface area contributed by atoms with Crippen molar-refractivity contribution in [1.29, 1.82) is 0 Å². The summed E-state index contributed by atoms with van der Waals surface area (Å²) in [6.07, 6.45) is 0. The highest BCUT2D eigenvalue weighted by molar-refractivity contribution is 9.10. The normalized spacial score (nSPS) is 10.1. The molecule has 1 aromatic heterocycles. The second kappa shape index (κ2) is 5.14. The highest BCUT2D eigenvalue weighted by Gasteiger charge is 2.03. The third kappa shape index (κ3) is 2.94. The van der Waals surface area contributed by atoms with E-state index in [1.807, 2.05) is 12.1 Å². The van der Waals surface area contributed by atoms with Crippen molar-refractivity contribution in [3.63, 3.8) is 0 Å². The number of nitrogens with zero attached hydrogens (tertiary/aromatic N) is 1. The maximum atomic E-state index is 12.9. The van der Waals surface area contributed by atoms with E-state index in [0.717, 1.165) is 10.2 Å². The summed E-state index contributed by atoms with van der Waals surface area (Å²) >= 11 is 3.36. The van der Waals surface area contributed by atoms with Crippen LogP contribution in [0.25, 0.3) is 0 Å². The molecule has 0 unspecified atom stereocenters. The third-order valence-electron chi connectivity index (χ3n) is 2.14. The van der Waals surface area contributed by atoms with Gasteiger partial charge in [0.25, 0.3) is 0 Å². The fraction of sp³-hybridized carbons (Fsp3) is 0.0833. The summed E-state index contributed by atoms with van der Waals surface area (Å²) in [5.74, 6) is 0.639. The van der Waals surface area contributed by atoms with Crippen molar-refractivity contribution in [3.05, 3.63) is 46.8 Å². The van der Waals surface area contributed by atoms with E-state index < -0.39 is 5.95 Å². The van der Waals surface area contributed by atoms with Gasteiger partial charge in [0.1, 0.15) is 11.6 Å². The van der Waals surface area contributed by atoms with Crippen molar-refractivity contribution in [2.24, 2.45) is 0 Å². The molecule has 3 nitrogen and oxygen atoms in total. The second-order valence-electron chi connectivity index (χ2n) is 3.32. The van der Waals surface area contributed by atoms with Gasteiger partial charge < -0.3 is 10.1 Å². The van der Waals surface area contributed by atoms with Gasteiger partial charge in [-0.2, -0.15) is 4.39 Å². The van der Waals surface area contributed by atoms with Gasteiger partial charge in [-0.15, -0.1) is 0 Å². The van der Waals surface area contributed by atoms with E-state index in [1.54, 1.807) is 25.3 Å². The Balaban J connectivity index is 2.24. The zero-order valence-electron chi connectivity index (χ0n) is 9.08. The predicted molar refractivity (Wildman–Crippen MR) is 68.2 cm³/mol. The summed E-state index contributed by atoms with van der Waals surface area (Å²) in [5, 5.41) is 2.99. The minimum Gasteiger partial charge on any atom is -0.495 e. The molecule has 0 amide bonds. The molecule has 0 aliphatic rings. The Hall–Kier alpha value is -1.62. The molecule has 0 radical (unpaired) electrons. The summed E-state index contributed by atoms with van der Waals surface area (Å²) in [5.41, 5.74) is 0.781. The van der Waals surface area contributed by atoms with Crippen LogP contribution in [0.3, 0.4) is 0 Å². The van der Waals surface area contributed by atoms with Gasteiger partial charge in [-0.25, -0.2) is 4.98 Å². The number of hydrogen-bond acceptors (Lipinski definition) is 3. The molecule has 1 N–H and O–H groups in total. The number of hydrogen-bond donors (Lipinski definition) is 1. The summed E-state index contributed by atoms with van der Waals surface area (Å²) in [7, 11) is 1.59. The molecule has 1 heterocycles. The van der Waals surface area contributed by atoms with Gasteiger partial charge in [0, 0.05) is 11.8 Å². The Labute approximate surface area is 107 Å². The Morgan fingerprint density at radius 1 is 1.29 bits per heavy atom. The average molecular weight is 297 g/mol. The molecule has 0 atom stereocenters. The molecule has 17 heavy (non-hydrogen) atoms. The first kappa shape index (κ1) is 11.9. The van der Waals surface area contributed by atoms with Crippen LogP contribution in [0.1, 0.15) is 0 Å². The SMILES string of the molecule is COc1cc(Nc2cccc(F)n2)ccc1Br. The molecule has 5 heteroatoms. The maximum Gasteiger partial charge on any atom is 0.214 e. The average Bonchev–Trinajstić information content (AvgIpc) is 2.32. The number of nitrogens with one attached hydrogen (secondary N) is 1. The van der Waals surface area contributed by atoms with Crippen molar-refractivity contribution in [3.8, 4) is 5.75 Å². The summed E-state index contributed by atoms with van der Waals surface area (Å²) in [6.45, 7) is 0. The maximum absolute atomic E-state index is 12.9. The topological polar surface area (TPSA) is 34.1 Å². The number of anilines is 2. The number of methoxy groups -OCH3 is 1. The highest BCUT2D eigenvalue weighted by Crippen LogP contribution is 2.28. The second-order valence-corrected chi connectivity index (χ2v) is 4.17. The molecule has 0 saturated heterocycles. The lowest BCUT2D eigenvalue weighted by molar-refractivity contribution is 0.412. The Morgan fingerprint density at radius 3 is 2.82 bits per heavy atom. The largest absolute Gasteiger partial charge is 0.495 e. The van der Waals surface area contributed by atoms with Gasteiger partial charge in [-0.1, -0.05) is 6.07 Å². The Bertz CT molecular complexity index is 534. The zero-order valence-corrected chi connectivity index (χ0v) is 10.7. The smallest absolute Gasteiger partial charge is 0.214 e. The van der Waals surface area contributed by atoms with Crippen LogP contribution in [0.2, 0.25) is 0 Å². The van der Waals surface area contributed by atoms with Crippen LogP contribution < -0.4 is 10.1 Å². The number of benzene rings is 1. The minimum atomic E-state index is -0.515. The molecule has 0 saturated carbocycles. The molecule has 0 bridgehead atoms. The first-order valence-electron chi connectivity index (χ1n) is 4.92. The van der Waals surface area contributed by atoms with Gasteiger partial charge >= 0.3 is 0 Å². The molecule has 88 valence electrons. The van der Waals surface area contributed by atoms with E-state index in [0.29, 0.717) is 11.6 Å². The first-order chi connectivity index (χ1) is 8.19. The van der Waals surface area contributed by atoms with E-state index in [4.69, 9.17) is 4.74 Å². The Kier molecular flexibility index (Phi) is 3.58. The van der Waals surface area contributed by atoms with Crippen LogP contribution in [-0.4, -0.2) is 12.1 Å². The van der Waals surface area contributed by atoms with Crippen molar-refractivity contribution >= 4 is 27.4 Å². The lowest BCUT2D eigenvalue weighted by atomic mass is 10.3. The number of rotatable bonds is 3. The van der Waals surface area contributed by atoms with Crippen LogP contribution in [-0.2, 0) is 0 Å². The van der Waals surface area contributed by atoms with Crippen molar-refractivity contribution in [2.45, 2.75) is 0 Å². The Morgan fingerprint density at radius 2 is 2.12 bits per heavy atom. The molecule has 2 aromatic rings. The summed E-state index contributed by atoms with van der Waals surface area (Å²) in [4.78, 5) is 3.72. The van der Waals surface area contributed by atoms with Crippen LogP contribution in [0, 0.1) is 5.95 Å². The third-order valence-corrected chi connectivity index (χ3v) is 2.79. The van der Waals surface area contributed by atoms with E-state index in [-0.39, 0.29) is 0 Å². The fourth-order valence-corrected chi connectivity index (χ4v) is 1.77. The zero-order chi connectivity index (χ0) is 12.3. The van der Waals surface area contributed by atoms with Crippen LogP contribution >= 0.6 is 15.9 Å². The number of aromatic nitrogens is 1. The van der Waals surface area contributed by atoms with E-state index in [1.165, 1.54) is 6.07 Å². The van der Waals surface area contributed by atoms with Gasteiger partial charge in [-0.05, 0) is 40.2 Å². The number of ether oxygens (including phenoxy) is 1. The quantitative estimate of drug-likeness (QED) is 0.876. The summed E-state index contributed by atoms with van der Waals surface area (Å²) < 4.78 is 18.9. The fourth-order valence-electron chi connectivity index (χ4n) is 1.36. The van der Waals surface area contributed by atoms with Gasteiger partial charge in [0.2, 0.25) is 5.95 Å². The lowest BCUT2D eigenvalue weighted by Crippen LogP contribution is -1.95. The molecule has 0 fully saturated rings. The van der Waals surface area contributed by atoms with Crippen molar-refractivity contribution < 1.29 is 9.13 Å². The molecule has 2 rings (SSSR count). The first-order valence-corrected chi connectivity index (χ1v) is 5.71. The van der Waals surface area contributed by atoms with Crippen LogP contribution in [0.4, 0.5) is 15.9 Å². The predicted octanol–water partition coefficient (Wildman–Crippen LogP) is 3.74.